The minimum absolute atomic E-state index is 0.0579. The van der Waals surface area contributed by atoms with Crippen molar-refractivity contribution in [1.29, 1.82) is 0 Å². The highest BCUT2D eigenvalue weighted by Crippen LogP contribution is 2.56. The van der Waals surface area contributed by atoms with E-state index in [1.54, 1.807) is 0 Å². The van der Waals surface area contributed by atoms with Crippen LogP contribution in [0.4, 0.5) is 0 Å². The van der Waals surface area contributed by atoms with E-state index < -0.39 is 5.60 Å². The van der Waals surface area contributed by atoms with Crippen molar-refractivity contribution in [3.63, 3.8) is 0 Å². The second-order valence-corrected chi connectivity index (χ2v) is 10.0. The summed E-state index contributed by atoms with van der Waals surface area (Å²) in [7, 11) is 0. The van der Waals surface area contributed by atoms with Crippen molar-refractivity contribution in [3.05, 3.63) is 46.4 Å². The highest BCUT2D eigenvalue weighted by molar-refractivity contribution is 9.10. The Morgan fingerprint density at radius 1 is 1.11 bits per heavy atom. The number of rotatable bonds is 4. The van der Waals surface area contributed by atoms with Crippen LogP contribution in [0.25, 0.3) is 10.8 Å². The molecule has 0 aliphatic heterocycles. The topological polar surface area (TPSA) is 26.3 Å². The van der Waals surface area contributed by atoms with Crippen molar-refractivity contribution in [2.45, 2.75) is 52.6 Å². The van der Waals surface area contributed by atoms with Crippen molar-refractivity contribution in [3.8, 4) is 0 Å². The number of carbonyl (C=O) groups excluding carboxylic acids is 1. The van der Waals surface area contributed by atoms with Gasteiger partial charge >= 0.3 is 5.97 Å². The molecule has 2 saturated carbocycles. The number of esters is 1. The highest BCUT2D eigenvalue weighted by Gasteiger charge is 2.49. The first-order chi connectivity index (χ1) is 12.8. The highest BCUT2D eigenvalue weighted by atomic mass is 79.9. The molecule has 2 aliphatic carbocycles. The van der Waals surface area contributed by atoms with Crippen LogP contribution in [-0.2, 0) is 15.1 Å². The van der Waals surface area contributed by atoms with Crippen LogP contribution in [0.15, 0.2) is 40.9 Å². The van der Waals surface area contributed by atoms with E-state index in [1.165, 1.54) is 18.2 Å². The van der Waals surface area contributed by atoms with Crippen LogP contribution in [0.2, 0.25) is 0 Å². The molecule has 5 unspecified atom stereocenters. The molecule has 27 heavy (non-hydrogen) atoms. The molecule has 4 rings (SSSR count). The number of carbonyl (C=O) groups is 1. The number of halogens is 1. The smallest absolute Gasteiger partial charge is 0.306 e. The van der Waals surface area contributed by atoms with Crippen LogP contribution in [0.1, 0.15) is 52.5 Å². The van der Waals surface area contributed by atoms with Gasteiger partial charge in [-0.15, -0.1) is 0 Å². The zero-order valence-electron chi connectivity index (χ0n) is 16.7. The summed E-state index contributed by atoms with van der Waals surface area (Å²) in [4.78, 5) is 12.8. The van der Waals surface area contributed by atoms with Crippen molar-refractivity contribution < 1.29 is 9.53 Å². The van der Waals surface area contributed by atoms with Crippen molar-refractivity contribution in [2.24, 2.45) is 29.6 Å². The Kier molecular flexibility index (Phi) is 4.86. The Hall–Kier alpha value is -1.35. The van der Waals surface area contributed by atoms with Gasteiger partial charge in [-0.25, -0.2) is 0 Å². The second-order valence-electron chi connectivity index (χ2n) is 9.21. The van der Waals surface area contributed by atoms with E-state index in [-0.39, 0.29) is 5.97 Å². The van der Waals surface area contributed by atoms with Gasteiger partial charge in [-0.05, 0) is 83.0 Å². The quantitative estimate of drug-likeness (QED) is 0.506. The average Bonchev–Trinajstić information content (AvgIpc) is 3.14. The molecule has 0 spiro atoms. The maximum Gasteiger partial charge on any atom is 0.306 e. The van der Waals surface area contributed by atoms with Gasteiger partial charge in [0.1, 0.15) is 5.60 Å². The molecule has 0 aromatic heterocycles. The van der Waals surface area contributed by atoms with Gasteiger partial charge in [0.15, 0.2) is 0 Å². The number of benzene rings is 2. The van der Waals surface area contributed by atoms with E-state index in [2.05, 4.69) is 54.0 Å². The average molecular weight is 429 g/mol. The fourth-order valence-corrected chi connectivity index (χ4v) is 6.59. The molecule has 144 valence electrons. The Morgan fingerprint density at radius 3 is 2.56 bits per heavy atom. The summed E-state index contributed by atoms with van der Waals surface area (Å²) in [6.45, 7) is 8.73. The summed E-state index contributed by atoms with van der Waals surface area (Å²) in [6, 6.07) is 12.4. The molecular formula is C24H29BrO2. The van der Waals surface area contributed by atoms with E-state index in [9.17, 15) is 4.79 Å². The maximum atomic E-state index is 12.8. The minimum atomic E-state index is -0.656. The Bertz CT molecular complexity index is 870. The summed E-state index contributed by atoms with van der Waals surface area (Å²) in [5.74, 6) is 3.51. The zero-order valence-corrected chi connectivity index (χ0v) is 18.3. The second kappa shape index (κ2) is 6.92. The molecule has 0 N–H and O–H groups in total. The van der Waals surface area contributed by atoms with Gasteiger partial charge in [0.25, 0.3) is 0 Å². The van der Waals surface area contributed by atoms with E-state index in [4.69, 9.17) is 4.74 Å². The maximum absolute atomic E-state index is 12.8. The number of fused-ring (bicyclic) bond motifs is 3. The first-order valence-corrected chi connectivity index (χ1v) is 11.0. The third-order valence-corrected chi connectivity index (χ3v) is 8.20. The molecule has 2 bridgehead atoms. The predicted molar refractivity (Wildman–Crippen MR) is 113 cm³/mol. The van der Waals surface area contributed by atoms with Crippen LogP contribution in [0.5, 0.6) is 0 Å². The molecule has 2 aliphatic rings. The van der Waals surface area contributed by atoms with Gasteiger partial charge in [0.2, 0.25) is 0 Å². The summed E-state index contributed by atoms with van der Waals surface area (Å²) in [5.41, 5.74) is 0.362. The Morgan fingerprint density at radius 2 is 1.85 bits per heavy atom. The van der Waals surface area contributed by atoms with Gasteiger partial charge in [-0.2, -0.15) is 0 Å². The molecule has 5 atom stereocenters. The number of hydrogen-bond donors (Lipinski definition) is 0. The van der Waals surface area contributed by atoms with Gasteiger partial charge in [-0.3, -0.25) is 4.79 Å². The van der Waals surface area contributed by atoms with Crippen LogP contribution < -0.4 is 0 Å². The lowest BCUT2D eigenvalue weighted by molar-refractivity contribution is -0.159. The van der Waals surface area contributed by atoms with E-state index >= 15 is 0 Å². The van der Waals surface area contributed by atoms with E-state index in [1.807, 2.05) is 26.0 Å². The third kappa shape index (κ3) is 3.33. The van der Waals surface area contributed by atoms with Crippen molar-refractivity contribution in [2.75, 3.05) is 0 Å². The molecule has 0 amide bonds. The van der Waals surface area contributed by atoms with Crippen LogP contribution >= 0.6 is 15.9 Å². The minimum Gasteiger partial charge on any atom is -0.455 e. The summed E-state index contributed by atoms with van der Waals surface area (Å²) >= 11 is 3.75. The molecule has 2 aromatic rings. The molecule has 0 heterocycles. The Balaban J connectivity index is 1.49. The lowest BCUT2D eigenvalue weighted by Crippen LogP contribution is -2.30. The van der Waals surface area contributed by atoms with Gasteiger partial charge < -0.3 is 4.74 Å². The fourth-order valence-electron chi connectivity index (χ4n) is 5.62. The SMILES string of the molecule is CC1C2CC(CC(=O)OC(C)(C)c3ccc4ccccc4c3Br)C(C2)C1C. The normalized spacial score (nSPS) is 30.0. The monoisotopic (exact) mass is 428 g/mol. The first kappa shape index (κ1) is 19.0. The van der Waals surface area contributed by atoms with E-state index in [0.717, 1.165) is 33.2 Å². The lowest BCUT2D eigenvalue weighted by atomic mass is 9.74. The third-order valence-electron chi connectivity index (χ3n) is 7.34. The number of hydrogen-bond acceptors (Lipinski definition) is 2. The van der Waals surface area contributed by atoms with Crippen molar-refractivity contribution >= 4 is 32.7 Å². The molecule has 2 aromatic carbocycles. The van der Waals surface area contributed by atoms with Crippen molar-refractivity contribution in [1.82, 2.24) is 0 Å². The molecule has 2 nitrogen and oxygen atoms in total. The van der Waals surface area contributed by atoms with Gasteiger partial charge in [0.05, 0.1) is 0 Å². The van der Waals surface area contributed by atoms with E-state index in [0.29, 0.717) is 18.3 Å². The standard InChI is InChI=1S/C24H29BrO2/c1-14-15(2)20-12-17(14)11-18(20)13-22(26)27-24(3,4)21-10-9-16-7-5-6-8-19(16)23(21)25/h5-10,14-15,17-18,20H,11-13H2,1-4H3. The predicted octanol–water partition coefficient (Wildman–Crippen LogP) is 6.70. The zero-order chi connectivity index (χ0) is 19.3. The first-order valence-electron chi connectivity index (χ1n) is 10.2. The van der Waals surface area contributed by atoms with Crippen LogP contribution in [0, 0.1) is 29.6 Å². The lowest BCUT2D eigenvalue weighted by Gasteiger charge is -2.33. The number of ether oxygens (including phenoxy) is 1. The van der Waals surface area contributed by atoms with Crippen LogP contribution in [0.3, 0.4) is 0 Å². The Labute approximate surface area is 170 Å². The molecule has 2 fully saturated rings. The van der Waals surface area contributed by atoms with Gasteiger partial charge in [0, 0.05) is 16.5 Å². The summed E-state index contributed by atoms with van der Waals surface area (Å²) in [5, 5.41) is 2.33. The fraction of sp³-hybridized carbons (Fsp3) is 0.542. The molecule has 0 radical (unpaired) electrons. The largest absolute Gasteiger partial charge is 0.455 e. The molecule has 3 heteroatoms. The molecular weight excluding hydrogens is 400 g/mol. The summed E-state index contributed by atoms with van der Waals surface area (Å²) < 4.78 is 7.03. The van der Waals surface area contributed by atoms with Gasteiger partial charge in [-0.1, -0.05) is 50.2 Å². The van der Waals surface area contributed by atoms with Crippen LogP contribution in [-0.4, -0.2) is 5.97 Å². The molecule has 0 saturated heterocycles. The summed E-state index contributed by atoms with van der Waals surface area (Å²) in [6.07, 6.45) is 3.07.